The largest absolute Gasteiger partial charge is 0.356 e. The van der Waals surface area contributed by atoms with E-state index in [1.807, 2.05) is 36.4 Å². The van der Waals surface area contributed by atoms with Crippen LogP contribution in [0.15, 0.2) is 40.9 Å². The number of amides is 1. The zero-order chi connectivity index (χ0) is 16.8. The molecule has 1 aliphatic heterocycles. The molecule has 0 aliphatic carbocycles. The molecule has 1 aromatic heterocycles. The van der Waals surface area contributed by atoms with Crippen LogP contribution in [-0.2, 0) is 11.3 Å². The van der Waals surface area contributed by atoms with Crippen molar-refractivity contribution in [2.45, 2.75) is 19.4 Å². The Morgan fingerprint density at radius 3 is 2.92 bits per heavy atom. The molecule has 1 atom stereocenters. The van der Waals surface area contributed by atoms with Gasteiger partial charge in [-0.15, -0.1) is 12.4 Å². The maximum atomic E-state index is 12.1. The van der Waals surface area contributed by atoms with Gasteiger partial charge in [-0.2, -0.15) is 0 Å². The number of nitrogens with two attached hydrogens (primary N) is 1. The second-order valence-electron chi connectivity index (χ2n) is 6.20. The fraction of sp³-hybridized carbons (Fsp3) is 0.444. The summed E-state index contributed by atoms with van der Waals surface area (Å²) < 4.78 is 5.45. The van der Waals surface area contributed by atoms with Gasteiger partial charge in [0.15, 0.2) is 5.76 Å². The van der Waals surface area contributed by atoms with Gasteiger partial charge in [-0.05, 0) is 19.4 Å². The molecule has 1 unspecified atom stereocenters. The second kappa shape index (κ2) is 9.56. The topological polar surface area (TPSA) is 84.4 Å². The first-order valence-corrected chi connectivity index (χ1v) is 8.47. The lowest BCUT2D eigenvalue weighted by Gasteiger charge is -2.31. The standard InChI is InChI=1S/C18H24N4O2.ClH/c19-8-9-20-18(23)15-7-4-10-22(12-15)13-16-11-17(24-21-16)14-5-2-1-3-6-14;/h1-3,5-6,11,15H,4,7-10,12-13,19H2,(H,20,23);1H. The summed E-state index contributed by atoms with van der Waals surface area (Å²) in [7, 11) is 0. The molecule has 136 valence electrons. The van der Waals surface area contributed by atoms with Gasteiger partial charge >= 0.3 is 0 Å². The van der Waals surface area contributed by atoms with E-state index >= 15 is 0 Å². The van der Waals surface area contributed by atoms with Crippen molar-refractivity contribution >= 4 is 18.3 Å². The van der Waals surface area contributed by atoms with E-state index < -0.39 is 0 Å². The quantitative estimate of drug-likeness (QED) is 0.819. The molecular formula is C18H25ClN4O2. The molecule has 1 aromatic carbocycles. The average molecular weight is 365 g/mol. The number of piperidine rings is 1. The van der Waals surface area contributed by atoms with Gasteiger partial charge in [-0.25, -0.2) is 0 Å². The van der Waals surface area contributed by atoms with Crippen molar-refractivity contribution in [1.29, 1.82) is 0 Å². The van der Waals surface area contributed by atoms with E-state index in [2.05, 4.69) is 15.4 Å². The van der Waals surface area contributed by atoms with Crippen LogP contribution in [0.1, 0.15) is 18.5 Å². The highest BCUT2D eigenvalue weighted by molar-refractivity contribution is 5.85. The zero-order valence-electron chi connectivity index (χ0n) is 14.2. The molecule has 0 spiro atoms. The Morgan fingerprint density at radius 2 is 2.16 bits per heavy atom. The Morgan fingerprint density at radius 1 is 1.36 bits per heavy atom. The number of rotatable bonds is 6. The number of halogens is 1. The van der Waals surface area contributed by atoms with Crippen LogP contribution in [0.4, 0.5) is 0 Å². The normalized spacial score (nSPS) is 17.7. The third kappa shape index (κ3) is 5.29. The lowest BCUT2D eigenvalue weighted by atomic mass is 9.97. The SMILES string of the molecule is Cl.NCCNC(=O)C1CCCN(Cc2cc(-c3ccccc3)on2)C1. The zero-order valence-corrected chi connectivity index (χ0v) is 15.0. The molecule has 1 saturated heterocycles. The van der Waals surface area contributed by atoms with E-state index in [9.17, 15) is 4.79 Å². The predicted octanol–water partition coefficient (Wildman–Crippen LogP) is 2.05. The van der Waals surface area contributed by atoms with Crippen molar-refractivity contribution in [3.8, 4) is 11.3 Å². The van der Waals surface area contributed by atoms with Crippen LogP contribution in [0.2, 0.25) is 0 Å². The van der Waals surface area contributed by atoms with Gasteiger partial charge in [0.2, 0.25) is 5.91 Å². The fourth-order valence-electron chi connectivity index (χ4n) is 3.11. The molecule has 1 amide bonds. The summed E-state index contributed by atoms with van der Waals surface area (Å²) in [4.78, 5) is 14.4. The van der Waals surface area contributed by atoms with Crippen molar-refractivity contribution in [2.75, 3.05) is 26.2 Å². The second-order valence-corrected chi connectivity index (χ2v) is 6.20. The summed E-state index contributed by atoms with van der Waals surface area (Å²) in [5, 5.41) is 7.06. The van der Waals surface area contributed by atoms with Crippen LogP contribution >= 0.6 is 12.4 Å². The Labute approximate surface area is 154 Å². The molecule has 0 bridgehead atoms. The molecule has 0 saturated carbocycles. The van der Waals surface area contributed by atoms with Crippen molar-refractivity contribution in [3.63, 3.8) is 0 Å². The van der Waals surface area contributed by atoms with E-state index in [1.165, 1.54) is 0 Å². The van der Waals surface area contributed by atoms with Crippen molar-refractivity contribution in [2.24, 2.45) is 11.7 Å². The highest BCUT2D eigenvalue weighted by Gasteiger charge is 2.26. The number of likely N-dealkylation sites (tertiary alicyclic amines) is 1. The van der Waals surface area contributed by atoms with Crippen LogP contribution in [0.25, 0.3) is 11.3 Å². The number of nitrogens with one attached hydrogen (secondary N) is 1. The summed E-state index contributed by atoms with van der Waals surface area (Å²) in [6.07, 6.45) is 1.95. The molecule has 7 heteroatoms. The lowest BCUT2D eigenvalue weighted by Crippen LogP contribution is -2.43. The molecule has 3 N–H and O–H groups in total. The van der Waals surface area contributed by atoms with E-state index in [0.717, 1.165) is 42.9 Å². The van der Waals surface area contributed by atoms with Gasteiger partial charge in [0.1, 0.15) is 0 Å². The molecule has 1 fully saturated rings. The molecule has 0 radical (unpaired) electrons. The third-order valence-corrected chi connectivity index (χ3v) is 4.32. The number of aromatic nitrogens is 1. The van der Waals surface area contributed by atoms with Gasteiger partial charge in [0.05, 0.1) is 11.6 Å². The van der Waals surface area contributed by atoms with E-state index in [4.69, 9.17) is 10.3 Å². The Bertz CT molecular complexity index is 662. The maximum Gasteiger partial charge on any atom is 0.224 e. The van der Waals surface area contributed by atoms with Crippen LogP contribution < -0.4 is 11.1 Å². The van der Waals surface area contributed by atoms with Crippen molar-refractivity contribution in [3.05, 3.63) is 42.1 Å². The summed E-state index contributed by atoms with van der Waals surface area (Å²) in [6, 6.07) is 11.9. The summed E-state index contributed by atoms with van der Waals surface area (Å²) in [6.45, 7) is 3.46. The molecule has 3 rings (SSSR count). The average Bonchev–Trinajstić information content (AvgIpc) is 3.09. The minimum absolute atomic E-state index is 0. The number of carbonyl (C=O) groups excluding carboxylic acids is 1. The number of carbonyl (C=O) groups is 1. The van der Waals surface area contributed by atoms with Gasteiger partial charge in [0.25, 0.3) is 0 Å². The third-order valence-electron chi connectivity index (χ3n) is 4.32. The van der Waals surface area contributed by atoms with Crippen LogP contribution in [0.5, 0.6) is 0 Å². The van der Waals surface area contributed by atoms with Crippen LogP contribution in [0, 0.1) is 5.92 Å². The minimum atomic E-state index is 0. The number of hydrogen-bond acceptors (Lipinski definition) is 5. The van der Waals surface area contributed by atoms with E-state index in [1.54, 1.807) is 0 Å². The van der Waals surface area contributed by atoms with E-state index in [-0.39, 0.29) is 24.2 Å². The maximum absolute atomic E-state index is 12.1. The van der Waals surface area contributed by atoms with Gasteiger partial charge in [-0.3, -0.25) is 9.69 Å². The Balaban J connectivity index is 0.00000225. The van der Waals surface area contributed by atoms with Gasteiger partial charge in [0, 0.05) is 37.8 Å². The molecule has 25 heavy (non-hydrogen) atoms. The van der Waals surface area contributed by atoms with Crippen LogP contribution in [-0.4, -0.2) is 42.1 Å². The van der Waals surface area contributed by atoms with Gasteiger partial charge < -0.3 is 15.6 Å². The first-order chi connectivity index (χ1) is 11.8. The highest BCUT2D eigenvalue weighted by Crippen LogP contribution is 2.22. The lowest BCUT2D eigenvalue weighted by molar-refractivity contribution is -0.126. The minimum Gasteiger partial charge on any atom is -0.356 e. The van der Waals surface area contributed by atoms with Crippen molar-refractivity contribution in [1.82, 2.24) is 15.4 Å². The summed E-state index contributed by atoms with van der Waals surface area (Å²) >= 11 is 0. The Kier molecular flexibility index (Phi) is 7.43. The smallest absolute Gasteiger partial charge is 0.224 e. The summed E-state index contributed by atoms with van der Waals surface area (Å²) in [5.74, 6) is 0.918. The van der Waals surface area contributed by atoms with Crippen LogP contribution in [0.3, 0.4) is 0 Å². The van der Waals surface area contributed by atoms with E-state index in [0.29, 0.717) is 19.6 Å². The highest BCUT2D eigenvalue weighted by atomic mass is 35.5. The fourth-order valence-corrected chi connectivity index (χ4v) is 3.11. The molecule has 6 nitrogen and oxygen atoms in total. The van der Waals surface area contributed by atoms with Gasteiger partial charge in [-0.1, -0.05) is 35.5 Å². The molecular weight excluding hydrogens is 340 g/mol. The predicted molar refractivity (Wildman–Crippen MR) is 99.3 cm³/mol. The summed E-state index contributed by atoms with van der Waals surface area (Å²) in [5.41, 5.74) is 7.36. The van der Waals surface area contributed by atoms with Crippen molar-refractivity contribution < 1.29 is 9.32 Å². The first-order valence-electron chi connectivity index (χ1n) is 8.47. The Hall–Kier alpha value is -1.89. The number of hydrogen-bond donors (Lipinski definition) is 2. The number of benzene rings is 1. The number of nitrogens with zero attached hydrogens (tertiary/aromatic N) is 2. The first kappa shape index (κ1) is 19.4. The molecule has 2 aromatic rings. The monoisotopic (exact) mass is 364 g/mol. The molecule has 2 heterocycles. The molecule has 1 aliphatic rings.